The summed E-state index contributed by atoms with van der Waals surface area (Å²) in [4.78, 5) is 0.214. The lowest BCUT2D eigenvalue weighted by molar-refractivity contribution is 0.408. The van der Waals surface area contributed by atoms with Gasteiger partial charge in [0.05, 0.1) is 41.2 Å². The number of nitrogens with zero attached hydrogens (tertiary/aromatic N) is 4. The van der Waals surface area contributed by atoms with Gasteiger partial charge in [0.25, 0.3) is 10.0 Å². The molecule has 3 aromatic carbocycles. The molecule has 2 heterocycles. The molecule has 7 nitrogen and oxygen atoms in total. The van der Waals surface area contributed by atoms with Crippen molar-refractivity contribution in [1.29, 1.82) is 5.26 Å². The van der Waals surface area contributed by atoms with E-state index in [1.807, 2.05) is 19.2 Å². The van der Waals surface area contributed by atoms with E-state index in [1.54, 1.807) is 66.5 Å². The number of rotatable bonds is 5. The van der Waals surface area contributed by atoms with Crippen molar-refractivity contribution < 1.29 is 13.2 Å². The third-order valence-electron chi connectivity index (χ3n) is 5.76. The van der Waals surface area contributed by atoms with Crippen LogP contribution in [0.1, 0.15) is 16.7 Å². The Morgan fingerprint density at radius 2 is 1.88 bits per heavy atom. The van der Waals surface area contributed by atoms with Crippen LogP contribution in [0.5, 0.6) is 5.75 Å². The average Bonchev–Trinajstić information content (AvgIpc) is 3.45. The maximum absolute atomic E-state index is 13.4. The Labute approximate surface area is 205 Å². The lowest BCUT2D eigenvalue weighted by atomic mass is 10.1. The summed E-state index contributed by atoms with van der Waals surface area (Å²) in [6.07, 6.45) is 3.45. The Morgan fingerprint density at radius 3 is 2.59 bits per heavy atom. The van der Waals surface area contributed by atoms with Crippen LogP contribution in [0.2, 0.25) is 0 Å². The van der Waals surface area contributed by atoms with Crippen LogP contribution < -0.4 is 4.74 Å². The minimum Gasteiger partial charge on any atom is -0.496 e. The van der Waals surface area contributed by atoms with Crippen molar-refractivity contribution in [1.82, 2.24) is 13.8 Å². The van der Waals surface area contributed by atoms with Crippen LogP contribution >= 0.6 is 15.9 Å². The molecule has 0 aliphatic heterocycles. The van der Waals surface area contributed by atoms with E-state index in [1.165, 1.54) is 3.97 Å². The van der Waals surface area contributed by atoms with Crippen molar-refractivity contribution in [2.75, 3.05) is 7.11 Å². The highest BCUT2D eigenvalue weighted by molar-refractivity contribution is 9.10. The molecule has 0 bridgehead atoms. The Hall–Kier alpha value is -3.61. The first-order valence-electron chi connectivity index (χ1n) is 10.4. The van der Waals surface area contributed by atoms with E-state index in [2.05, 4.69) is 27.1 Å². The molecule has 34 heavy (non-hydrogen) atoms. The second kappa shape index (κ2) is 8.31. The quantitative estimate of drug-likeness (QED) is 0.308. The highest BCUT2D eigenvalue weighted by Crippen LogP contribution is 2.37. The van der Waals surface area contributed by atoms with Crippen molar-refractivity contribution in [3.8, 4) is 11.8 Å². The maximum Gasteiger partial charge on any atom is 0.268 e. The van der Waals surface area contributed by atoms with E-state index >= 15 is 0 Å². The first-order chi connectivity index (χ1) is 16.3. The number of halogens is 1. The molecule has 0 aliphatic rings. The molecule has 9 heteroatoms. The molecule has 0 radical (unpaired) electrons. The normalized spacial score (nSPS) is 11.7. The number of methoxy groups -OCH3 is 1. The molecule has 5 rings (SSSR count). The summed E-state index contributed by atoms with van der Waals surface area (Å²) in [5.41, 5.74) is 3.57. The van der Waals surface area contributed by atoms with Gasteiger partial charge in [-0.2, -0.15) is 10.4 Å². The molecule has 0 fully saturated rings. The van der Waals surface area contributed by atoms with E-state index in [0.29, 0.717) is 33.4 Å². The molecule has 0 amide bonds. The van der Waals surface area contributed by atoms with Gasteiger partial charge < -0.3 is 4.74 Å². The first-order valence-corrected chi connectivity index (χ1v) is 12.6. The average molecular weight is 535 g/mol. The predicted molar refractivity (Wildman–Crippen MR) is 134 cm³/mol. The molecule has 0 saturated carbocycles. The summed E-state index contributed by atoms with van der Waals surface area (Å²) >= 11 is 3.54. The Bertz CT molecular complexity index is 1710. The number of fused-ring (bicyclic) bond motifs is 2. The smallest absolute Gasteiger partial charge is 0.268 e. The second-order valence-corrected chi connectivity index (χ2v) is 10.6. The van der Waals surface area contributed by atoms with Crippen molar-refractivity contribution >= 4 is 47.8 Å². The van der Waals surface area contributed by atoms with Crippen molar-refractivity contribution in [3.63, 3.8) is 0 Å². The fourth-order valence-corrected chi connectivity index (χ4v) is 6.14. The highest BCUT2D eigenvalue weighted by atomic mass is 79.9. The fourth-order valence-electron chi connectivity index (χ4n) is 4.04. The summed E-state index contributed by atoms with van der Waals surface area (Å²) in [6, 6.07) is 17.8. The Balaban J connectivity index is 1.66. The van der Waals surface area contributed by atoms with Crippen molar-refractivity contribution in [2.24, 2.45) is 0 Å². The number of hydrogen-bond acceptors (Lipinski definition) is 5. The van der Waals surface area contributed by atoms with Gasteiger partial charge in [0.1, 0.15) is 5.75 Å². The predicted octanol–water partition coefficient (Wildman–Crippen LogP) is 5.23. The minimum atomic E-state index is -3.81. The Morgan fingerprint density at radius 1 is 1.12 bits per heavy atom. The summed E-state index contributed by atoms with van der Waals surface area (Å²) in [5.74, 6) is 0.613. The molecular weight excluding hydrogens is 516 g/mol. The van der Waals surface area contributed by atoms with Gasteiger partial charge in [0.15, 0.2) is 0 Å². The number of hydrogen-bond donors (Lipinski definition) is 0. The van der Waals surface area contributed by atoms with Gasteiger partial charge >= 0.3 is 0 Å². The lowest BCUT2D eigenvalue weighted by Gasteiger charge is -2.14. The molecule has 0 aliphatic carbocycles. The van der Waals surface area contributed by atoms with E-state index in [4.69, 9.17) is 10.00 Å². The molecule has 0 atom stereocenters. The summed E-state index contributed by atoms with van der Waals surface area (Å²) in [6.45, 7) is 2.27. The summed E-state index contributed by atoms with van der Waals surface area (Å²) in [5, 5.41) is 15.4. The number of benzene rings is 3. The molecule has 0 N–H and O–H groups in total. The monoisotopic (exact) mass is 534 g/mol. The molecule has 5 aromatic rings. The fraction of sp³-hybridized carbons (Fsp3) is 0.120. The third kappa shape index (κ3) is 3.65. The SMILES string of the molecule is COc1cc(Br)c2c(ccn2S(=O)(=O)c2ccc(C)cc2)c1Cn1cc2ccc(C#N)cc2n1. The van der Waals surface area contributed by atoms with E-state index in [9.17, 15) is 8.42 Å². The third-order valence-corrected chi connectivity index (χ3v) is 8.05. The topological polar surface area (TPSA) is 89.9 Å². The molecule has 0 spiro atoms. The van der Waals surface area contributed by atoms with Gasteiger partial charge in [-0.3, -0.25) is 4.68 Å². The van der Waals surface area contributed by atoms with Crippen molar-refractivity contribution in [3.05, 3.63) is 88.2 Å². The number of nitriles is 1. The number of aromatic nitrogens is 3. The van der Waals surface area contributed by atoms with Crippen LogP contribution in [0.3, 0.4) is 0 Å². The van der Waals surface area contributed by atoms with Gasteiger partial charge in [-0.1, -0.05) is 17.7 Å². The summed E-state index contributed by atoms with van der Waals surface area (Å²) < 4.78 is 36.2. The molecular formula is C25H19BrN4O3S. The van der Waals surface area contributed by atoms with Crippen LogP contribution in [0.25, 0.3) is 21.8 Å². The largest absolute Gasteiger partial charge is 0.496 e. The van der Waals surface area contributed by atoms with Gasteiger partial charge in [-0.15, -0.1) is 0 Å². The zero-order valence-electron chi connectivity index (χ0n) is 18.4. The molecule has 0 unspecified atom stereocenters. The zero-order valence-corrected chi connectivity index (χ0v) is 20.8. The van der Waals surface area contributed by atoms with E-state index < -0.39 is 10.0 Å². The van der Waals surface area contributed by atoms with Gasteiger partial charge in [0.2, 0.25) is 0 Å². The first kappa shape index (κ1) is 22.2. The maximum atomic E-state index is 13.4. The second-order valence-electron chi connectivity index (χ2n) is 7.94. The van der Waals surface area contributed by atoms with Crippen LogP contribution in [-0.4, -0.2) is 29.3 Å². The standard InChI is InChI=1S/C25H19BrN4O3S/c1-16-3-7-19(8-4-16)34(31,32)30-10-9-20-21(24(33-2)12-22(26)25(20)30)15-29-14-18-6-5-17(13-27)11-23(18)28-29/h3-12,14H,15H2,1-2H3. The van der Waals surface area contributed by atoms with Crippen LogP contribution in [0, 0.1) is 18.3 Å². The summed E-state index contributed by atoms with van der Waals surface area (Å²) in [7, 11) is -2.23. The van der Waals surface area contributed by atoms with Crippen molar-refractivity contribution in [2.45, 2.75) is 18.4 Å². The number of aryl methyl sites for hydroxylation is 1. The molecule has 0 saturated heterocycles. The molecule has 2 aromatic heterocycles. The van der Waals surface area contributed by atoms with Crippen LogP contribution in [0.4, 0.5) is 0 Å². The van der Waals surface area contributed by atoms with Gasteiger partial charge in [0, 0.05) is 33.2 Å². The van der Waals surface area contributed by atoms with Crippen LogP contribution in [0.15, 0.2) is 76.4 Å². The van der Waals surface area contributed by atoms with E-state index in [-0.39, 0.29) is 4.90 Å². The van der Waals surface area contributed by atoms with Gasteiger partial charge in [-0.25, -0.2) is 12.4 Å². The van der Waals surface area contributed by atoms with E-state index in [0.717, 1.165) is 21.9 Å². The number of ether oxygens (including phenoxy) is 1. The zero-order chi connectivity index (χ0) is 24.0. The van der Waals surface area contributed by atoms with Gasteiger partial charge in [-0.05, 0) is 65.3 Å². The minimum absolute atomic E-state index is 0.214. The van der Waals surface area contributed by atoms with Crippen LogP contribution in [-0.2, 0) is 16.6 Å². The Kier molecular flexibility index (Phi) is 5.42. The lowest BCUT2D eigenvalue weighted by Crippen LogP contribution is -2.12. The molecule has 170 valence electrons. The highest BCUT2D eigenvalue weighted by Gasteiger charge is 2.23.